The Morgan fingerprint density at radius 2 is 1.70 bits per heavy atom. The zero-order chi connectivity index (χ0) is 27.2. The van der Waals surface area contributed by atoms with Crippen LogP contribution >= 0.6 is 0 Å². The number of halogens is 1. The highest BCUT2D eigenvalue weighted by atomic mass is 28.4. The molecule has 0 spiro atoms. The molecule has 0 unspecified atom stereocenters. The molecule has 1 N–H and O–H groups in total. The van der Waals surface area contributed by atoms with Crippen LogP contribution in [0.2, 0.25) is 18.1 Å². The molecule has 3 rings (SSSR count). The van der Waals surface area contributed by atoms with E-state index in [0.29, 0.717) is 43.2 Å². The van der Waals surface area contributed by atoms with Crippen LogP contribution in [0.15, 0.2) is 36.4 Å². The van der Waals surface area contributed by atoms with Gasteiger partial charge in [-0.2, -0.15) is 0 Å². The van der Waals surface area contributed by atoms with Crippen LogP contribution in [-0.4, -0.2) is 41.1 Å². The fourth-order valence-electron chi connectivity index (χ4n) is 3.54. The third-order valence-corrected chi connectivity index (χ3v) is 11.3. The molecule has 0 aliphatic carbocycles. The molecule has 2 aromatic heterocycles. The lowest BCUT2D eigenvalue weighted by Gasteiger charge is -2.36. The molecule has 3 aromatic rings. The number of aryl methyl sites for hydroxylation is 1. The topological polar surface area (TPSA) is 91.2 Å². The van der Waals surface area contributed by atoms with Crippen molar-refractivity contribution in [2.45, 2.75) is 78.5 Å². The Kier molecular flexibility index (Phi) is 9.33. The van der Waals surface area contributed by atoms with Crippen LogP contribution in [-0.2, 0) is 41.8 Å². The number of hydrogen-bond donors (Lipinski definition) is 1. The van der Waals surface area contributed by atoms with Gasteiger partial charge >= 0.3 is 5.97 Å². The Labute approximate surface area is 219 Å². The van der Waals surface area contributed by atoms with E-state index in [2.05, 4.69) is 49.4 Å². The molecule has 0 aliphatic rings. The summed E-state index contributed by atoms with van der Waals surface area (Å²) >= 11 is 0. The molecule has 2 heterocycles. The number of esters is 1. The summed E-state index contributed by atoms with van der Waals surface area (Å²) in [6.07, 6.45) is 0.731. The highest BCUT2D eigenvalue weighted by Crippen LogP contribution is 2.37. The van der Waals surface area contributed by atoms with Gasteiger partial charge in [-0.05, 0) is 48.0 Å². The van der Waals surface area contributed by atoms with Gasteiger partial charge in [0.05, 0.1) is 43.8 Å². The van der Waals surface area contributed by atoms with Crippen molar-refractivity contribution >= 4 is 14.3 Å². The predicted molar refractivity (Wildman–Crippen MR) is 143 cm³/mol. The summed E-state index contributed by atoms with van der Waals surface area (Å²) in [6.45, 7) is 14.7. The Morgan fingerprint density at radius 1 is 1.05 bits per heavy atom. The molecule has 0 amide bonds. The van der Waals surface area contributed by atoms with Crippen LogP contribution in [0.25, 0.3) is 0 Å². The number of methoxy groups -OCH3 is 1. The lowest BCUT2D eigenvalue weighted by Crippen LogP contribution is -2.40. The molecule has 10 heteroatoms. The highest BCUT2D eigenvalue weighted by Gasteiger charge is 2.37. The molecule has 1 aromatic carbocycles. The van der Waals surface area contributed by atoms with Crippen molar-refractivity contribution in [1.29, 1.82) is 0 Å². The molecule has 0 atom stereocenters. The van der Waals surface area contributed by atoms with Gasteiger partial charge in [0.25, 0.3) is 0 Å². The second-order valence-corrected chi connectivity index (χ2v) is 15.4. The molecule has 0 radical (unpaired) electrons. The highest BCUT2D eigenvalue weighted by molar-refractivity contribution is 6.74. The number of hydrogen-bond acceptors (Lipinski definition) is 7. The average Bonchev–Trinajstić information content (AvgIpc) is 3.24. The van der Waals surface area contributed by atoms with Crippen LogP contribution in [0.3, 0.4) is 0 Å². The van der Waals surface area contributed by atoms with Crippen LogP contribution in [0.1, 0.15) is 66.7 Å². The second-order valence-electron chi connectivity index (χ2n) is 10.6. The second kappa shape index (κ2) is 12.1. The first kappa shape index (κ1) is 28.6. The number of rotatable bonds is 11. The number of nitrogens with one attached hydrogen (secondary N) is 1. The summed E-state index contributed by atoms with van der Waals surface area (Å²) in [5, 5.41) is 12.1. The SMILES string of the molecule is CCc1nnc(CNCc2cc(C(=O)OC)cc(CO[Si](C)(C)C(C)(C)C)n2)n1Cc1ccc(F)cc1. The van der Waals surface area contributed by atoms with Gasteiger partial charge in [0, 0.05) is 13.0 Å². The summed E-state index contributed by atoms with van der Waals surface area (Å²) in [4.78, 5) is 17.0. The quantitative estimate of drug-likeness (QED) is 0.276. The van der Waals surface area contributed by atoms with Crippen molar-refractivity contribution in [1.82, 2.24) is 25.1 Å². The summed E-state index contributed by atoms with van der Waals surface area (Å²) in [6, 6.07) is 9.90. The standard InChI is InChI=1S/C27H38FN5O3Si/c1-8-24-31-32-25(33(24)17-19-9-11-21(28)12-10-19)16-29-15-22-13-20(26(34)35-5)14-23(30-22)18-36-37(6,7)27(2,3)4/h9-14,29H,8,15-18H2,1-7H3. The van der Waals surface area contributed by atoms with Gasteiger partial charge in [-0.3, -0.25) is 4.98 Å². The zero-order valence-electron chi connectivity index (χ0n) is 22.9. The molecular weight excluding hydrogens is 489 g/mol. The van der Waals surface area contributed by atoms with Crippen molar-refractivity contribution in [2.24, 2.45) is 0 Å². The number of ether oxygens (including phenoxy) is 1. The van der Waals surface area contributed by atoms with Crippen molar-refractivity contribution in [3.8, 4) is 0 Å². The van der Waals surface area contributed by atoms with Crippen molar-refractivity contribution in [3.63, 3.8) is 0 Å². The number of benzene rings is 1. The maximum Gasteiger partial charge on any atom is 0.337 e. The van der Waals surface area contributed by atoms with Gasteiger partial charge in [-0.1, -0.05) is 39.8 Å². The lowest BCUT2D eigenvalue weighted by atomic mass is 10.2. The monoisotopic (exact) mass is 527 g/mol. The van der Waals surface area contributed by atoms with Crippen LogP contribution in [0.5, 0.6) is 0 Å². The molecule has 37 heavy (non-hydrogen) atoms. The van der Waals surface area contributed by atoms with E-state index in [0.717, 1.165) is 23.6 Å². The number of carbonyl (C=O) groups excluding carboxylic acids is 1. The third kappa shape index (κ3) is 7.53. The first-order chi connectivity index (χ1) is 17.4. The zero-order valence-corrected chi connectivity index (χ0v) is 23.9. The molecule has 200 valence electrons. The minimum atomic E-state index is -1.98. The number of aromatic nitrogens is 4. The Morgan fingerprint density at radius 3 is 2.32 bits per heavy atom. The predicted octanol–water partition coefficient (Wildman–Crippen LogP) is 5.02. The molecule has 0 saturated carbocycles. The summed E-state index contributed by atoms with van der Waals surface area (Å²) in [5.41, 5.74) is 2.81. The van der Waals surface area contributed by atoms with Crippen molar-refractivity contribution in [2.75, 3.05) is 7.11 Å². The van der Waals surface area contributed by atoms with E-state index in [1.54, 1.807) is 24.3 Å². The maximum atomic E-state index is 13.3. The molecule has 0 bridgehead atoms. The molecule has 0 saturated heterocycles. The first-order valence-corrected chi connectivity index (χ1v) is 15.4. The van der Waals surface area contributed by atoms with E-state index >= 15 is 0 Å². The lowest BCUT2D eigenvalue weighted by molar-refractivity contribution is 0.0600. The molecule has 0 fully saturated rings. The maximum absolute atomic E-state index is 13.3. The third-order valence-electron chi connectivity index (χ3n) is 6.80. The largest absolute Gasteiger partial charge is 0.465 e. The normalized spacial score (nSPS) is 12.1. The molecule has 8 nitrogen and oxygen atoms in total. The van der Waals surface area contributed by atoms with E-state index < -0.39 is 14.3 Å². The van der Waals surface area contributed by atoms with Gasteiger partial charge < -0.3 is 19.0 Å². The molecular formula is C27H38FN5O3Si. The minimum Gasteiger partial charge on any atom is -0.465 e. The van der Waals surface area contributed by atoms with E-state index in [4.69, 9.17) is 14.1 Å². The number of nitrogens with zero attached hydrogens (tertiary/aromatic N) is 4. The van der Waals surface area contributed by atoms with E-state index in [-0.39, 0.29) is 10.9 Å². The van der Waals surface area contributed by atoms with Crippen molar-refractivity contribution < 1.29 is 18.3 Å². The average molecular weight is 528 g/mol. The van der Waals surface area contributed by atoms with E-state index in [9.17, 15) is 9.18 Å². The fraction of sp³-hybridized carbons (Fsp3) is 0.481. The summed E-state index contributed by atoms with van der Waals surface area (Å²) in [5.74, 6) is 0.952. The van der Waals surface area contributed by atoms with Gasteiger partial charge in [-0.15, -0.1) is 10.2 Å². The van der Waals surface area contributed by atoms with Gasteiger partial charge in [0.15, 0.2) is 8.32 Å². The summed E-state index contributed by atoms with van der Waals surface area (Å²) < 4.78 is 26.6. The number of pyridine rings is 1. The van der Waals surface area contributed by atoms with E-state index in [1.807, 2.05) is 11.5 Å². The first-order valence-electron chi connectivity index (χ1n) is 12.5. The van der Waals surface area contributed by atoms with Crippen LogP contribution < -0.4 is 5.32 Å². The minimum absolute atomic E-state index is 0.0680. The van der Waals surface area contributed by atoms with Gasteiger partial charge in [0.1, 0.15) is 17.5 Å². The van der Waals surface area contributed by atoms with Crippen molar-refractivity contribution in [3.05, 3.63) is 76.4 Å². The van der Waals surface area contributed by atoms with E-state index in [1.165, 1.54) is 19.2 Å². The fourth-order valence-corrected chi connectivity index (χ4v) is 4.48. The van der Waals surface area contributed by atoms with Gasteiger partial charge in [-0.25, -0.2) is 9.18 Å². The Balaban J connectivity index is 1.73. The van der Waals surface area contributed by atoms with Crippen LogP contribution in [0.4, 0.5) is 4.39 Å². The van der Waals surface area contributed by atoms with Gasteiger partial charge in [0.2, 0.25) is 0 Å². The Bertz CT molecular complexity index is 1210. The van der Waals surface area contributed by atoms with Crippen LogP contribution in [0, 0.1) is 5.82 Å². The molecule has 0 aliphatic heterocycles. The smallest absolute Gasteiger partial charge is 0.337 e. The Hall–Kier alpha value is -2.95. The summed E-state index contributed by atoms with van der Waals surface area (Å²) in [7, 11) is -0.614. The number of carbonyl (C=O) groups is 1.